The van der Waals surface area contributed by atoms with E-state index in [9.17, 15) is 14.0 Å². The highest BCUT2D eigenvalue weighted by Crippen LogP contribution is 2.05. The molecule has 2 rings (SSSR count). The zero-order valence-corrected chi connectivity index (χ0v) is 10.3. The first-order valence-corrected chi connectivity index (χ1v) is 5.64. The van der Waals surface area contributed by atoms with Gasteiger partial charge < -0.3 is 5.32 Å². The molecule has 0 fully saturated rings. The number of rotatable bonds is 3. The van der Waals surface area contributed by atoms with Gasteiger partial charge in [0.15, 0.2) is 0 Å². The molecule has 6 heteroatoms. The summed E-state index contributed by atoms with van der Waals surface area (Å²) in [6, 6.07) is 8.77. The molecule has 0 aliphatic heterocycles. The molecule has 1 aromatic heterocycles. The molecule has 0 spiro atoms. The van der Waals surface area contributed by atoms with Crippen molar-refractivity contribution in [2.75, 3.05) is 0 Å². The monoisotopic (exact) mass is 261 g/mol. The first-order valence-electron chi connectivity index (χ1n) is 5.64. The van der Waals surface area contributed by atoms with Crippen LogP contribution in [-0.4, -0.2) is 15.7 Å². The van der Waals surface area contributed by atoms with Gasteiger partial charge in [0.05, 0.1) is 0 Å². The Hall–Kier alpha value is -2.50. The van der Waals surface area contributed by atoms with E-state index in [4.69, 9.17) is 0 Å². The maximum atomic E-state index is 13.3. The summed E-state index contributed by atoms with van der Waals surface area (Å²) in [6.45, 7) is 0.0655. The van der Waals surface area contributed by atoms with Gasteiger partial charge in [-0.15, -0.1) is 0 Å². The fourth-order valence-electron chi connectivity index (χ4n) is 1.53. The molecular weight excluding hydrogens is 249 g/mol. The minimum atomic E-state index is -0.459. The highest BCUT2D eigenvalue weighted by molar-refractivity contribution is 5.91. The molecule has 0 aliphatic rings. The molecule has 1 aromatic carbocycles. The summed E-state index contributed by atoms with van der Waals surface area (Å²) in [5, 5.41) is 6.35. The molecule has 5 nitrogen and oxygen atoms in total. The van der Waals surface area contributed by atoms with Crippen molar-refractivity contribution in [3.8, 4) is 0 Å². The molecule has 98 valence electrons. The van der Waals surface area contributed by atoms with Crippen LogP contribution in [0.4, 0.5) is 4.39 Å². The highest BCUT2D eigenvalue weighted by Gasteiger charge is 2.09. The van der Waals surface area contributed by atoms with Crippen molar-refractivity contribution in [2.24, 2.45) is 7.05 Å². The van der Waals surface area contributed by atoms with Gasteiger partial charge in [-0.1, -0.05) is 18.2 Å². The molecule has 0 atom stereocenters. The number of amides is 1. The molecule has 0 radical (unpaired) electrons. The van der Waals surface area contributed by atoms with Gasteiger partial charge in [0.2, 0.25) is 0 Å². The van der Waals surface area contributed by atoms with Crippen LogP contribution in [0.15, 0.2) is 41.2 Å². The molecule has 0 aliphatic carbocycles. The Morgan fingerprint density at radius 1 is 1.32 bits per heavy atom. The average molecular weight is 261 g/mol. The zero-order chi connectivity index (χ0) is 13.8. The quantitative estimate of drug-likeness (QED) is 0.890. The van der Waals surface area contributed by atoms with E-state index in [-0.39, 0.29) is 23.6 Å². The molecule has 0 bridgehead atoms. The molecule has 1 heterocycles. The number of aromatic nitrogens is 2. The van der Waals surface area contributed by atoms with Crippen LogP contribution in [-0.2, 0) is 13.6 Å². The molecule has 1 N–H and O–H groups in total. The predicted molar refractivity (Wildman–Crippen MR) is 67.0 cm³/mol. The summed E-state index contributed by atoms with van der Waals surface area (Å²) < 4.78 is 14.4. The molecule has 0 saturated carbocycles. The summed E-state index contributed by atoms with van der Waals surface area (Å²) >= 11 is 0. The molecule has 0 saturated heterocycles. The van der Waals surface area contributed by atoms with Crippen LogP contribution in [0.3, 0.4) is 0 Å². The van der Waals surface area contributed by atoms with Crippen LogP contribution in [0.5, 0.6) is 0 Å². The van der Waals surface area contributed by atoms with E-state index in [2.05, 4.69) is 10.4 Å². The third-order valence-corrected chi connectivity index (χ3v) is 2.59. The summed E-state index contributed by atoms with van der Waals surface area (Å²) in [6.07, 6.45) is 0. The first-order chi connectivity index (χ1) is 9.08. The van der Waals surface area contributed by atoms with Crippen LogP contribution in [0.2, 0.25) is 0 Å². The number of nitrogens with one attached hydrogen (secondary N) is 1. The second-order valence-corrected chi connectivity index (χ2v) is 3.95. The van der Waals surface area contributed by atoms with Crippen molar-refractivity contribution in [1.29, 1.82) is 0 Å². The van der Waals surface area contributed by atoms with Gasteiger partial charge in [-0.05, 0) is 12.1 Å². The third-order valence-electron chi connectivity index (χ3n) is 2.59. The summed E-state index contributed by atoms with van der Waals surface area (Å²) in [5.41, 5.74) is 0.199. The van der Waals surface area contributed by atoms with E-state index in [1.54, 1.807) is 18.2 Å². The Kier molecular flexibility index (Phi) is 3.70. The van der Waals surface area contributed by atoms with Gasteiger partial charge in [0.1, 0.15) is 11.5 Å². The predicted octanol–water partition coefficient (Wildman–Crippen LogP) is 0.849. The van der Waals surface area contributed by atoms with Gasteiger partial charge in [-0.25, -0.2) is 9.07 Å². The van der Waals surface area contributed by atoms with Crippen molar-refractivity contribution in [2.45, 2.75) is 6.54 Å². The molecular formula is C13H12FN3O2. The zero-order valence-electron chi connectivity index (χ0n) is 10.3. The standard InChI is InChI=1S/C13H12FN3O2/c1-17-12(18)7-6-11(16-17)13(19)15-8-9-4-2-3-5-10(9)14/h2-7H,8H2,1H3,(H,15,19). The van der Waals surface area contributed by atoms with Crippen molar-refractivity contribution < 1.29 is 9.18 Å². The lowest BCUT2D eigenvalue weighted by atomic mass is 10.2. The van der Waals surface area contributed by atoms with Crippen molar-refractivity contribution >= 4 is 5.91 Å². The fraction of sp³-hybridized carbons (Fsp3) is 0.154. The minimum absolute atomic E-state index is 0.0655. The van der Waals surface area contributed by atoms with E-state index in [0.717, 1.165) is 4.68 Å². The lowest BCUT2D eigenvalue weighted by Crippen LogP contribution is -2.28. The molecule has 0 unspecified atom stereocenters. The van der Waals surface area contributed by atoms with E-state index in [1.165, 1.54) is 25.2 Å². The summed E-state index contributed by atoms with van der Waals surface area (Å²) in [7, 11) is 1.45. The van der Waals surface area contributed by atoms with Gasteiger partial charge in [0.25, 0.3) is 11.5 Å². The second kappa shape index (κ2) is 5.43. The lowest BCUT2D eigenvalue weighted by Gasteiger charge is -2.06. The number of hydrogen-bond donors (Lipinski definition) is 1. The lowest BCUT2D eigenvalue weighted by molar-refractivity contribution is 0.0943. The second-order valence-electron chi connectivity index (χ2n) is 3.95. The SMILES string of the molecule is Cn1nc(C(=O)NCc2ccccc2F)ccc1=O. The van der Waals surface area contributed by atoms with Crippen molar-refractivity contribution in [1.82, 2.24) is 15.1 Å². The third kappa shape index (κ3) is 3.04. The number of benzene rings is 1. The van der Waals surface area contributed by atoms with E-state index in [0.29, 0.717) is 5.56 Å². The summed E-state index contributed by atoms with van der Waals surface area (Å²) in [4.78, 5) is 22.9. The van der Waals surface area contributed by atoms with Crippen molar-refractivity contribution in [3.05, 3.63) is 63.8 Å². The average Bonchev–Trinajstić information content (AvgIpc) is 2.40. The maximum absolute atomic E-state index is 13.3. The van der Waals surface area contributed by atoms with E-state index < -0.39 is 5.91 Å². The number of carbonyl (C=O) groups is 1. The van der Waals surface area contributed by atoms with E-state index in [1.807, 2.05) is 0 Å². The van der Waals surface area contributed by atoms with Gasteiger partial charge in [-0.3, -0.25) is 9.59 Å². The minimum Gasteiger partial charge on any atom is -0.346 e. The smallest absolute Gasteiger partial charge is 0.271 e. The van der Waals surface area contributed by atoms with E-state index >= 15 is 0 Å². The number of halogens is 1. The Bertz CT molecular complexity index is 667. The Morgan fingerprint density at radius 2 is 2.05 bits per heavy atom. The number of aryl methyl sites for hydroxylation is 1. The Balaban J connectivity index is 2.08. The van der Waals surface area contributed by atoms with Gasteiger partial charge in [-0.2, -0.15) is 5.10 Å². The van der Waals surface area contributed by atoms with Crippen LogP contribution in [0.1, 0.15) is 16.1 Å². The largest absolute Gasteiger partial charge is 0.346 e. The van der Waals surface area contributed by atoms with Gasteiger partial charge in [0, 0.05) is 25.2 Å². The number of hydrogen-bond acceptors (Lipinski definition) is 3. The van der Waals surface area contributed by atoms with Gasteiger partial charge >= 0.3 is 0 Å². The number of carbonyl (C=O) groups excluding carboxylic acids is 1. The number of nitrogens with zero attached hydrogens (tertiary/aromatic N) is 2. The fourth-order valence-corrected chi connectivity index (χ4v) is 1.53. The molecule has 1 amide bonds. The highest BCUT2D eigenvalue weighted by atomic mass is 19.1. The normalized spacial score (nSPS) is 10.2. The van der Waals surface area contributed by atoms with Crippen LogP contribution in [0.25, 0.3) is 0 Å². The Morgan fingerprint density at radius 3 is 2.74 bits per heavy atom. The molecule has 2 aromatic rings. The topological polar surface area (TPSA) is 64.0 Å². The first kappa shape index (κ1) is 12.9. The van der Waals surface area contributed by atoms with Crippen LogP contribution >= 0.6 is 0 Å². The van der Waals surface area contributed by atoms with Crippen LogP contribution in [0, 0.1) is 5.82 Å². The Labute approximate surface area is 108 Å². The van der Waals surface area contributed by atoms with Crippen molar-refractivity contribution in [3.63, 3.8) is 0 Å². The van der Waals surface area contributed by atoms with Crippen LogP contribution < -0.4 is 10.9 Å². The maximum Gasteiger partial charge on any atom is 0.271 e. The summed E-state index contributed by atoms with van der Waals surface area (Å²) in [5.74, 6) is -0.838. The molecule has 19 heavy (non-hydrogen) atoms.